The van der Waals surface area contributed by atoms with Gasteiger partial charge in [0.25, 0.3) is 5.91 Å². The molecular formula is C18H25N3O3S. The Bertz CT molecular complexity index is 716. The molecule has 1 aromatic carbocycles. The smallest absolute Gasteiger partial charge is 0.253 e. The van der Waals surface area contributed by atoms with Crippen molar-refractivity contribution in [3.63, 3.8) is 0 Å². The molecule has 0 radical (unpaired) electrons. The molecule has 3 rings (SSSR count). The van der Waals surface area contributed by atoms with Crippen molar-refractivity contribution in [1.82, 2.24) is 14.1 Å². The fourth-order valence-electron chi connectivity index (χ4n) is 3.35. The Labute approximate surface area is 149 Å². The first kappa shape index (κ1) is 18.1. The maximum absolute atomic E-state index is 12.6. The fraction of sp³-hybridized carbons (Fsp3) is 0.500. The quantitative estimate of drug-likeness (QED) is 0.742. The lowest BCUT2D eigenvalue weighted by Gasteiger charge is -2.34. The monoisotopic (exact) mass is 363 g/mol. The van der Waals surface area contributed by atoms with Crippen molar-refractivity contribution in [2.45, 2.75) is 17.7 Å². The first-order valence-corrected chi connectivity index (χ1v) is 10.2. The van der Waals surface area contributed by atoms with E-state index in [9.17, 15) is 13.2 Å². The number of carbonyl (C=O) groups excluding carboxylic acids is 1. The van der Waals surface area contributed by atoms with Crippen LogP contribution in [0.3, 0.4) is 0 Å². The number of benzene rings is 1. The Kier molecular flexibility index (Phi) is 5.56. The molecule has 7 heteroatoms. The molecule has 136 valence electrons. The van der Waals surface area contributed by atoms with Crippen LogP contribution in [0.25, 0.3) is 0 Å². The number of nitrogens with zero attached hydrogens (tertiary/aromatic N) is 3. The minimum atomic E-state index is -3.43. The van der Waals surface area contributed by atoms with E-state index in [2.05, 4.69) is 11.5 Å². The van der Waals surface area contributed by atoms with Gasteiger partial charge < -0.3 is 4.90 Å². The molecule has 0 aromatic heterocycles. The van der Waals surface area contributed by atoms with Crippen LogP contribution in [0.2, 0.25) is 0 Å². The number of hydrogen-bond acceptors (Lipinski definition) is 4. The molecule has 6 nitrogen and oxygen atoms in total. The van der Waals surface area contributed by atoms with Crippen LogP contribution in [0.4, 0.5) is 0 Å². The van der Waals surface area contributed by atoms with Crippen molar-refractivity contribution >= 4 is 15.9 Å². The van der Waals surface area contributed by atoms with Gasteiger partial charge in [-0.15, -0.1) is 6.58 Å². The zero-order chi connectivity index (χ0) is 17.9. The minimum absolute atomic E-state index is 0.0385. The van der Waals surface area contributed by atoms with Gasteiger partial charge in [-0.25, -0.2) is 8.42 Å². The van der Waals surface area contributed by atoms with E-state index in [0.717, 1.165) is 32.5 Å². The van der Waals surface area contributed by atoms with Crippen LogP contribution in [0.15, 0.2) is 41.8 Å². The number of amides is 1. The first-order chi connectivity index (χ1) is 12.0. The molecule has 2 fully saturated rings. The highest BCUT2D eigenvalue weighted by Crippen LogP contribution is 2.21. The second-order valence-corrected chi connectivity index (χ2v) is 8.45. The summed E-state index contributed by atoms with van der Waals surface area (Å²) in [5.41, 5.74) is 0.539. The molecule has 1 aromatic rings. The lowest BCUT2D eigenvalue weighted by atomic mass is 10.2. The summed E-state index contributed by atoms with van der Waals surface area (Å²) in [6.45, 7) is 8.77. The summed E-state index contributed by atoms with van der Waals surface area (Å²) in [4.78, 5) is 16.9. The number of rotatable bonds is 5. The number of piperazine rings is 1. The van der Waals surface area contributed by atoms with Crippen molar-refractivity contribution in [2.75, 3.05) is 45.8 Å². The van der Waals surface area contributed by atoms with Gasteiger partial charge in [0.1, 0.15) is 0 Å². The van der Waals surface area contributed by atoms with E-state index in [0.29, 0.717) is 31.7 Å². The second-order valence-electron chi connectivity index (χ2n) is 6.52. The Balaban J connectivity index is 1.66. The van der Waals surface area contributed by atoms with Crippen LogP contribution in [-0.4, -0.2) is 74.2 Å². The predicted octanol–water partition coefficient (Wildman–Crippen LogP) is 1.41. The molecule has 2 aliphatic heterocycles. The highest BCUT2D eigenvalue weighted by molar-refractivity contribution is 7.89. The van der Waals surface area contributed by atoms with E-state index in [1.807, 2.05) is 11.0 Å². The maximum atomic E-state index is 12.6. The summed E-state index contributed by atoms with van der Waals surface area (Å²) in [7, 11) is -3.43. The van der Waals surface area contributed by atoms with Crippen LogP contribution in [0, 0.1) is 0 Å². The SMILES string of the molecule is C=CCN1CCN(C(=O)c2ccc(S(=O)(=O)N3CCCC3)cc2)CC1. The summed E-state index contributed by atoms with van der Waals surface area (Å²) < 4.78 is 26.6. The van der Waals surface area contributed by atoms with Gasteiger partial charge in [0.15, 0.2) is 0 Å². The van der Waals surface area contributed by atoms with Gasteiger partial charge in [-0.3, -0.25) is 9.69 Å². The number of carbonyl (C=O) groups is 1. The van der Waals surface area contributed by atoms with Gasteiger partial charge in [-0.2, -0.15) is 4.31 Å². The summed E-state index contributed by atoms with van der Waals surface area (Å²) in [5, 5.41) is 0. The molecule has 0 atom stereocenters. The summed E-state index contributed by atoms with van der Waals surface area (Å²) in [5.74, 6) is -0.0385. The van der Waals surface area contributed by atoms with Crippen molar-refractivity contribution in [1.29, 1.82) is 0 Å². The topological polar surface area (TPSA) is 60.9 Å². The van der Waals surface area contributed by atoms with E-state index in [-0.39, 0.29) is 10.8 Å². The van der Waals surface area contributed by atoms with Gasteiger partial charge in [0, 0.05) is 51.4 Å². The highest BCUT2D eigenvalue weighted by Gasteiger charge is 2.27. The highest BCUT2D eigenvalue weighted by atomic mass is 32.2. The van der Waals surface area contributed by atoms with Crippen LogP contribution in [-0.2, 0) is 10.0 Å². The largest absolute Gasteiger partial charge is 0.336 e. The lowest BCUT2D eigenvalue weighted by Crippen LogP contribution is -2.48. The van der Waals surface area contributed by atoms with Crippen LogP contribution in [0.1, 0.15) is 23.2 Å². The molecule has 0 bridgehead atoms. The predicted molar refractivity (Wildman–Crippen MR) is 97.0 cm³/mol. The summed E-state index contributed by atoms with van der Waals surface area (Å²) in [6, 6.07) is 6.35. The Hall–Kier alpha value is -1.70. The number of hydrogen-bond donors (Lipinski definition) is 0. The zero-order valence-corrected chi connectivity index (χ0v) is 15.2. The fourth-order valence-corrected chi connectivity index (χ4v) is 4.86. The molecule has 0 aliphatic carbocycles. The standard InChI is InChI=1S/C18H25N3O3S/c1-2-9-19-12-14-20(15-13-19)18(22)16-5-7-17(8-6-16)25(23,24)21-10-3-4-11-21/h2,5-8H,1,3-4,9-15H2. The normalized spacial score (nSPS) is 19.9. The lowest BCUT2D eigenvalue weighted by molar-refractivity contribution is 0.0650. The van der Waals surface area contributed by atoms with Crippen LogP contribution >= 0.6 is 0 Å². The molecule has 0 spiro atoms. The van der Waals surface area contributed by atoms with Crippen molar-refractivity contribution in [2.24, 2.45) is 0 Å². The molecule has 1 amide bonds. The summed E-state index contributed by atoms with van der Waals surface area (Å²) >= 11 is 0. The van der Waals surface area contributed by atoms with E-state index >= 15 is 0 Å². The van der Waals surface area contributed by atoms with E-state index in [1.54, 1.807) is 24.3 Å². The molecule has 2 aliphatic rings. The maximum Gasteiger partial charge on any atom is 0.253 e. The van der Waals surface area contributed by atoms with Gasteiger partial charge in [-0.05, 0) is 37.1 Å². The van der Waals surface area contributed by atoms with Crippen molar-refractivity contribution in [3.8, 4) is 0 Å². The zero-order valence-electron chi connectivity index (χ0n) is 14.4. The molecular weight excluding hydrogens is 338 g/mol. The van der Waals surface area contributed by atoms with Gasteiger partial charge in [-0.1, -0.05) is 6.08 Å². The third-order valence-corrected chi connectivity index (χ3v) is 6.76. The number of sulfonamides is 1. The Morgan fingerprint density at radius 2 is 1.60 bits per heavy atom. The molecule has 0 N–H and O–H groups in total. The Morgan fingerprint density at radius 3 is 2.16 bits per heavy atom. The van der Waals surface area contributed by atoms with Gasteiger partial charge in [0.05, 0.1) is 4.90 Å². The third kappa shape index (κ3) is 3.94. The van der Waals surface area contributed by atoms with Gasteiger partial charge >= 0.3 is 0 Å². The minimum Gasteiger partial charge on any atom is -0.336 e. The second kappa shape index (κ2) is 7.68. The van der Waals surface area contributed by atoms with Gasteiger partial charge in [0.2, 0.25) is 10.0 Å². The van der Waals surface area contributed by atoms with Crippen molar-refractivity contribution in [3.05, 3.63) is 42.5 Å². The molecule has 25 heavy (non-hydrogen) atoms. The molecule has 0 unspecified atom stereocenters. The third-order valence-electron chi connectivity index (χ3n) is 4.85. The van der Waals surface area contributed by atoms with E-state index in [4.69, 9.17) is 0 Å². The van der Waals surface area contributed by atoms with Crippen molar-refractivity contribution < 1.29 is 13.2 Å². The molecule has 2 heterocycles. The van der Waals surface area contributed by atoms with E-state index in [1.165, 1.54) is 4.31 Å². The Morgan fingerprint density at radius 1 is 1.00 bits per heavy atom. The first-order valence-electron chi connectivity index (χ1n) is 8.75. The average Bonchev–Trinajstić information content (AvgIpc) is 3.18. The van der Waals surface area contributed by atoms with E-state index < -0.39 is 10.0 Å². The van der Waals surface area contributed by atoms with Crippen LogP contribution in [0.5, 0.6) is 0 Å². The summed E-state index contributed by atoms with van der Waals surface area (Å²) in [6.07, 6.45) is 3.69. The molecule has 2 saturated heterocycles. The average molecular weight is 363 g/mol. The van der Waals surface area contributed by atoms with Crippen LogP contribution < -0.4 is 0 Å². The molecule has 0 saturated carbocycles.